The van der Waals surface area contributed by atoms with Crippen molar-refractivity contribution in [1.29, 1.82) is 0 Å². The van der Waals surface area contributed by atoms with Crippen LogP contribution in [0.1, 0.15) is 29.6 Å². The van der Waals surface area contributed by atoms with Crippen LogP contribution in [-0.2, 0) is 4.74 Å². The first kappa shape index (κ1) is 21.9. The molecule has 6 rings (SSSR count). The molecule has 34 heavy (non-hydrogen) atoms. The molecule has 0 aliphatic carbocycles. The summed E-state index contributed by atoms with van der Waals surface area (Å²) in [6, 6.07) is 3.91. The average Bonchev–Trinajstić information content (AvgIpc) is 3.45. The van der Waals surface area contributed by atoms with Crippen molar-refractivity contribution in [2.75, 3.05) is 50.9 Å². The molecule has 1 aromatic heterocycles. The minimum absolute atomic E-state index is 0.0243. The van der Waals surface area contributed by atoms with Crippen LogP contribution in [0.3, 0.4) is 0 Å². The highest BCUT2D eigenvalue weighted by atomic mass is 35.5. The standard InChI is InChI=1S/C24H26ClFN4O4/c25-19-20(17-15(26)3-1-4-16(17)31)28-22(30-8-2-5-24(30)6-10-33-13-24)18-21(19)34-12-14-11-27-7-9-29(14)23(18)32/h1,3-4,14,27,31H,2,5-13H2/t14-,24?/m1/s1. The lowest BCUT2D eigenvalue weighted by Crippen LogP contribution is -2.55. The highest BCUT2D eigenvalue weighted by molar-refractivity contribution is 6.35. The van der Waals surface area contributed by atoms with E-state index in [0.29, 0.717) is 50.8 Å². The summed E-state index contributed by atoms with van der Waals surface area (Å²) in [5.41, 5.74) is -0.00873. The van der Waals surface area contributed by atoms with Gasteiger partial charge >= 0.3 is 0 Å². The van der Waals surface area contributed by atoms with E-state index in [1.165, 1.54) is 18.2 Å². The molecule has 2 N–H and O–H groups in total. The maximum Gasteiger partial charge on any atom is 0.261 e. The van der Waals surface area contributed by atoms with Crippen LogP contribution in [0.25, 0.3) is 11.3 Å². The average molecular weight is 489 g/mol. The van der Waals surface area contributed by atoms with Crippen molar-refractivity contribution in [3.63, 3.8) is 0 Å². The Morgan fingerprint density at radius 3 is 2.94 bits per heavy atom. The minimum atomic E-state index is -0.651. The number of carbonyl (C=O) groups excluding carboxylic acids is 1. The molecule has 3 fully saturated rings. The fourth-order valence-corrected chi connectivity index (χ4v) is 6.03. The molecule has 0 bridgehead atoms. The Balaban J connectivity index is 1.60. The quantitative estimate of drug-likeness (QED) is 0.672. The third kappa shape index (κ3) is 3.25. The van der Waals surface area contributed by atoms with Gasteiger partial charge in [-0.3, -0.25) is 4.79 Å². The normalized spacial score (nSPS) is 26.4. The van der Waals surface area contributed by atoms with Gasteiger partial charge in [0.1, 0.15) is 40.3 Å². The molecule has 0 saturated carbocycles. The van der Waals surface area contributed by atoms with Crippen molar-refractivity contribution in [3.05, 3.63) is 34.6 Å². The number of hydrogen-bond donors (Lipinski definition) is 2. The Kier molecular flexibility index (Phi) is 5.31. The largest absolute Gasteiger partial charge is 0.507 e. The van der Waals surface area contributed by atoms with E-state index in [1.807, 2.05) is 4.90 Å². The number of pyridine rings is 1. The first-order valence-electron chi connectivity index (χ1n) is 11.7. The van der Waals surface area contributed by atoms with Crippen LogP contribution >= 0.6 is 11.6 Å². The number of aromatic nitrogens is 1. The van der Waals surface area contributed by atoms with Crippen LogP contribution in [0.5, 0.6) is 11.5 Å². The number of piperazine rings is 1. The minimum Gasteiger partial charge on any atom is -0.507 e. The molecule has 2 atom stereocenters. The first-order chi connectivity index (χ1) is 16.5. The molecule has 8 nitrogen and oxygen atoms in total. The number of nitrogens with one attached hydrogen (secondary N) is 1. The Hall–Kier alpha value is -2.62. The number of carbonyl (C=O) groups is 1. The zero-order valence-corrected chi connectivity index (χ0v) is 19.4. The van der Waals surface area contributed by atoms with E-state index in [1.54, 1.807) is 0 Å². The molecule has 1 aromatic carbocycles. The van der Waals surface area contributed by atoms with Gasteiger partial charge in [0.2, 0.25) is 0 Å². The number of amides is 1. The molecule has 1 spiro atoms. The lowest BCUT2D eigenvalue weighted by atomic mass is 9.94. The Morgan fingerprint density at radius 1 is 1.26 bits per heavy atom. The van der Waals surface area contributed by atoms with Crippen LogP contribution in [0, 0.1) is 5.82 Å². The van der Waals surface area contributed by atoms with Crippen molar-refractivity contribution >= 4 is 23.3 Å². The van der Waals surface area contributed by atoms with Crippen molar-refractivity contribution in [2.24, 2.45) is 0 Å². The van der Waals surface area contributed by atoms with Gasteiger partial charge in [-0.1, -0.05) is 17.7 Å². The van der Waals surface area contributed by atoms with E-state index in [0.717, 1.165) is 19.3 Å². The topological polar surface area (TPSA) is 87.2 Å². The number of aromatic hydroxyl groups is 1. The molecule has 2 aromatic rings. The van der Waals surface area contributed by atoms with Crippen molar-refractivity contribution < 1.29 is 23.8 Å². The van der Waals surface area contributed by atoms with Crippen LogP contribution in [0.2, 0.25) is 5.02 Å². The molecule has 180 valence electrons. The van der Waals surface area contributed by atoms with Crippen molar-refractivity contribution in [3.8, 4) is 22.8 Å². The second-order valence-electron chi connectivity index (χ2n) is 9.39. The monoisotopic (exact) mass is 488 g/mol. The van der Waals surface area contributed by atoms with E-state index < -0.39 is 5.82 Å². The van der Waals surface area contributed by atoms with E-state index in [9.17, 15) is 14.3 Å². The molecule has 4 aliphatic heterocycles. The predicted octanol–water partition coefficient (Wildman–Crippen LogP) is 2.81. The summed E-state index contributed by atoms with van der Waals surface area (Å²) in [7, 11) is 0. The van der Waals surface area contributed by atoms with Gasteiger partial charge in [-0.15, -0.1) is 0 Å². The van der Waals surface area contributed by atoms with Gasteiger partial charge in [-0.2, -0.15) is 0 Å². The zero-order valence-electron chi connectivity index (χ0n) is 18.6. The Bertz CT molecular complexity index is 1130. The Morgan fingerprint density at radius 2 is 2.15 bits per heavy atom. The smallest absolute Gasteiger partial charge is 0.261 e. The summed E-state index contributed by atoms with van der Waals surface area (Å²) in [5.74, 6) is -0.494. The molecule has 0 radical (unpaired) electrons. The number of phenols is 1. The zero-order chi connectivity index (χ0) is 23.4. The molecule has 1 unspecified atom stereocenters. The molecule has 5 heterocycles. The molecular formula is C24H26ClFN4O4. The summed E-state index contributed by atoms with van der Waals surface area (Å²) in [6.07, 6.45) is 2.66. The van der Waals surface area contributed by atoms with Gasteiger partial charge in [0, 0.05) is 32.8 Å². The maximum absolute atomic E-state index is 14.9. The van der Waals surface area contributed by atoms with Gasteiger partial charge in [0.15, 0.2) is 5.75 Å². The van der Waals surface area contributed by atoms with Gasteiger partial charge in [0.05, 0.1) is 23.8 Å². The number of nitrogens with zero attached hydrogens (tertiary/aromatic N) is 3. The number of hydrogen-bond acceptors (Lipinski definition) is 7. The fraction of sp³-hybridized carbons (Fsp3) is 0.500. The van der Waals surface area contributed by atoms with E-state index in [4.69, 9.17) is 26.1 Å². The summed E-state index contributed by atoms with van der Waals surface area (Å²) in [6.45, 7) is 3.97. The van der Waals surface area contributed by atoms with Gasteiger partial charge in [-0.25, -0.2) is 9.37 Å². The molecule has 10 heteroatoms. The molecule has 3 saturated heterocycles. The SMILES string of the molecule is O=C1c2c(N3CCCC34CCOC4)nc(-c3c(O)cccc3F)c(Cl)c2OC[C@H]2CNCCN12. The highest BCUT2D eigenvalue weighted by Crippen LogP contribution is 2.49. The fourth-order valence-electron chi connectivity index (χ4n) is 5.74. The number of anilines is 1. The number of fused-ring (bicyclic) bond motifs is 2. The van der Waals surface area contributed by atoms with Crippen LogP contribution in [0.15, 0.2) is 18.2 Å². The van der Waals surface area contributed by atoms with Gasteiger partial charge in [0.25, 0.3) is 5.91 Å². The van der Waals surface area contributed by atoms with Crippen LogP contribution in [0.4, 0.5) is 10.2 Å². The third-order valence-electron chi connectivity index (χ3n) is 7.48. The summed E-state index contributed by atoms with van der Waals surface area (Å²) < 4.78 is 26.9. The second kappa shape index (κ2) is 8.25. The van der Waals surface area contributed by atoms with Gasteiger partial charge in [-0.05, 0) is 31.4 Å². The van der Waals surface area contributed by atoms with Crippen LogP contribution in [-0.4, -0.2) is 78.5 Å². The molecule has 1 amide bonds. The number of ether oxygens (including phenoxy) is 2. The third-order valence-corrected chi connectivity index (χ3v) is 7.83. The lowest BCUT2D eigenvalue weighted by Gasteiger charge is -2.37. The van der Waals surface area contributed by atoms with E-state index in [2.05, 4.69) is 10.2 Å². The number of benzene rings is 1. The summed E-state index contributed by atoms with van der Waals surface area (Å²) in [4.78, 5) is 22.7. The predicted molar refractivity (Wildman–Crippen MR) is 124 cm³/mol. The lowest BCUT2D eigenvalue weighted by molar-refractivity contribution is 0.0606. The summed E-state index contributed by atoms with van der Waals surface area (Å²) >= 11 is 6.78. The number of halogens is 2. The van der Waals surface area contributed by atoms with E-state index >= 15 is 0 Å². The molecule has 4 aliphatic rings. The second-order valence-corrected chi connectivity index (χ2v) is 9.76. The highest BCUT2D eigenvalue weighted by Gasteiger charge is 2.48. The van der Waals surface area contributed by atoms with Gasteiger partial charge < -0.3 is 29.7 Å². The van der Waals surface area contributed by atoms with Crippen LogP contribution < -0.4 is 15.0 Å². The van der Waals surface area contributed by atoms with E-state index in [-0.39, 0.29) is 51.9 Å². The first-order valence-corrected chi connectivity index (χ1v) is 12.1. The van der Waals surface area contributed by atoms with Crippen molar-refractivity contribution in [2.45, 2.75) is 30.8 Å². The maximum atomic E-state index is 14.9. The Labute approximate surface area is 201 Å². The molecular weight excluding hydrogens is 463 g/mol. The van der Waals surface area contributed by atoms with Crippen molar-refractivity contribution in [1.82, 2.24) is 15.2 Å². The number of phenolic OH excluding ortho intramolecular Hbond substituents is 1. The number of rotatable bonds is 2. The summed E-state index contributed by atoms with van der Waals surface area (Å²) in [5, 5.41) is 13.8.